The van der Waals surface area contributed by atoms with Crippen molar-refractivity contribution in [1.29, 1.82) is 0 Å². The number of aromatic nitrogens is 2. The highest BCUT2D eigenvalue weighted by molar-refractivity contribution is 5.74. The standard InChI is InChI=1S/C12H21N3O2/c1-4-10(12(16)17-6-3)15-8-7-14-11(15)9-13-5-2/h7-8,10,13H,4-6,9H2,1-3H3. The average molecular weight is 239 g/mol. The van der Waals surface area contributed by atoms with Gasteiger partial charge in [0.2, 0.25) is 0 Å². The van der Waals surface area contributed by atoms with E-state index in [4.69, 9.17) is 4.74 Å². The third-order valence-electron chi connectivity index (χ3n) is 2.56. The van der Waals surface area contributed by atoms with Gasteiger partial charge in [0.05, 0.1) is 13.2 Å². The van der Waals surface area contributed by atoms with Gasteiger partial charge in [-0.1, -0.05) is 13.8 Å². The molecule has 96 valence electrons. The number of nitrogens with zero attached hydrogens (tertiary/aromatic N) is 2. The topological polar surface area (TPSA) is 56.2 Å². The summed E-state index contributed by atoms with van der Waals surface area (Å²) >= 11 is 0. The first-order chi connectivity index (χ1) is 8.24. The lowest BCUT2D eigenvalue weighted by Gasteiger charge is -2.17. The summed E-state index contributed by atoms with van der Waals surface area (Å²) in [5.74, 6) is 0.678. The van der Waals surface area contributed by atoms with Crippen LogP contribution in [0, 0.1) is 0 Å². The van der Waals surface area contributed by atoms with E-state index in [0.717, 1.165) is 12.4 Å². The maximum Gasteiger partial charge on any atom is 0.329 e. The Morgan fingerprint density at radius 2 is 2.29 bits per heavy atom. The number of nitrogens with one attached hydrogen (secondary N) is 1. The van der Waals surface area contributed by atoms with Crippen LogP contribution in [-0.4, -0.2) is 28.7 Å². The van der Waals surface area contributed by atoms with Crippen LogP contribution >= 0.6 is 0 Å². The van der Waals surface area contributed by atoms with Gasteiger partial charge in [-0.25, -0.2) is 9.78 Å². The second-order valence-corrected chi connectivity index (χ2v) is 3.71. The molecule has 0 radical (unpaired) electrons. The van der Waals surface area contributed by atoms with Gasteiger partial charge in [0.15, 0.2) is 0 Å². The third-order valence-corrected chi connectivity index (χ3v) is 2.56. The monoisotopic (exact) mass is 239 g/mol. The van der Waals surface area contributed by atoms with Crippen molar-refractivity contribution in [2.24, 2.45) is 0 Å². The van der Waals surface area contributed by atoms with E-state index in [-0.39, 0.29) is 12.0 Å². The summed E-state index contributed by atoms with van der Waals surface area (Å²) in [6.07, 6.45) is 4.25. The number of ether oxygens (including phenoxy) is 1. The SMILES string of the molecule is CCNCc1nccn1C(CC)C(=O)OCC. The molecule has 0 saturated carbocycles. The molecule has 17 heavy (non-hydrogen) atoms. The molecule has 5 nitrogen and oxygen atoms in total. The minimum Gasteiger partial charge on any atom is -0.464 e. The highest BCUT2D eigenvalue weighted by atomic mass is 16.5. The van der Waals surface area contributed by atoms with Crippen molar-refractivity contribution in [3.8, 4) is 0 Å². The molecule has 0 spiro atoms. The van der Waals surface area contributed by atoms with Crippen LogP contribution in [0.5, 0.6) is 0 Å². The van der Waals surface area contributed by atoms with Crippen molar-refractivity contribution in [2.45, 2.75) is 39.8 Å². The quantitative estimate of drug-likeness (QED) is 0.733. The zero-order valence-electron chi connectivity index (χ0n) is 10.8. The molecule has 0 aromatic carbocycles. The second kappa shape index (κ2) is 7.06. The van der Waals surface area contributed by atoms with E-state index in [1.807, 2.05) is 31.5 Å². The van der Waals surface area contributed by atoms with Gasteiger partial charge >= 0.3 is 5.97 Å². The fraction of sp³-hybridized carbons (Fsp3) is 0.667. The van der Waals surface area contributed by atoms with Crippen LogP contribution in [0.1, 0.15) is 39.1 Å². The molecule has 0 amide bonds. The predicted octanol–water partition coefficient (Wildman–Crippen LogP) is 1.51. The van der Waals surface area contributed by atoms with Gasteiger partial charge in [-0.05, 0) is 19.9 Å². The zero-order chi connectivity index (χ0) is 12.7. The number of carbonyl (C=O) groups excluding carboxylic acids is 1. The Balaban J connectivity index is 2.80. The third kappa shape index (κ3) is 3.56. The lowest BCUT2D eigenvalue weighted by molar-refractivity contribution is -0.147. The summed E-state index contributed by atoms with van der Waals surface area (Å²) in [4.78, 5) is 16.1. The minimum atomic E-state index is -0.272. The van der Waals surface area contributed by atoms with Gasteiger partial charge in [-0.15, -0.1) is 0 Å². The Hall–Kier alpha value is -1.36. The number of rotatable bonds is 7. The van der Waals surface area contributed by atoms with Crippen LogP contribution in [-0.2, 0) is 16.1 Å². The van der Waals surface area contributed by atoms with Crippen LogP contribution < -0.4 is 5.32 Å². The van der Waals surface area contributed by atoms with E-state index in [2.05, 4.69) is 10.3 Å². The zero-order valence-corrected chi connectivity index (χ0v) is 10.8. The molecule has 1 rings (SSSR count). The van der Waals surface area contributed by atoms with Crippen molar-refractivity contribution < 1.29 is 9.53 Å². The number of esters is 1. The van der Waals surface area contributed by atoms with Gasteiger partial charge in [-0.3, -0.25) is 0 Å². The van der Waals surface area contributed by atoms with E-state index in [1.54, 1.807) is 6.20 Å². The molecule has 0 fully saturated rings. The van der Waals surface area contributed by atoms with E-state index in [1.165, 1.54) is 0 Å². The first kappa shape index (κ1) is 13.7. The molecule has 1 unspecified atom stereocenters. The molecule has 1 N–H and O–H groups in total. The predicted molar refractivity (Wildman–Crippen MR) is 65.6 cm³/mol. The van der Waals surface area contributed by atoms with Crippen molar-refractivity contribution in [1.82, 2.24) is 14.9 Å². The van der Waals surface area contributed by atoms with E-state index < -0.39 is 0 Å². The van der Waals surface area contributed by atoms with Crippen LogP contribution in [0.3, 0.4) is 0 Å². The molecule has 0 aliphatic carbocycles. The Bertz CT molecular complexity index is 349. The highest BCUT2D eigenvalue weighted by Crippen LogP contribution is 2.15. The summed E-state index contributed by atoms with van der Waals surface area (Å²) in [6, 6.07) is -0.272. The molecule has 5 heteroatoms. The van der Waals surface area contributed by atoms with E-state index in [0.29, 0.717) is 19.6 Å². The molecular formula is C12H21N3O2. The van der Waals surface area contributed by atoms with Crippen LogP contribution in [0.25, 0.3) is 0 Å². The highest BCUT2D eigenvalue weighted by Gasteiger charge is 2.21. The van der Waals surface area contributed by atoms with Gasteiger partial charge in [-0.2, -0.15) is 0 Å². The summed E-state index contributed by atoms with van der Waals surface area (Å²) in [7, 11) is 0. The molecule has 1 atom stereocenters. The van der Waals surface area contributed by atoms with E-state index >= 15 is 0 Å². The van der Waals surface area contributed by atoms with Crippen molar-refractivity contribution >= 4 is 5.97 Å². The van der Waals surface area contributed by atoms with Crippen LogP contribution in [0.2, 0.25) is 0 Å². The van der Waals surface area contributed by atoms with Crippen molar-refractivity contribution in [3.05, 3.63) is 18.2 Å². The maximum absolute atomic E-state index is 11.8. The molecule has 1 heterocycles. The molecule has 0 saturated heterocycles. The molecule has 0 aliphatic heterocycles. The van der Waals surface area contributed by atoms with Crippen LogP contribution in [0.4, 0.5) is 0 Å². The lowest BCUT2D eigenvalue weighted by Crippen LogP contribution is -2.25. The summed E-state index contributed by atoms with van der Waals surface area (Å²) in [5, 5.41) is 3.21. The molecular weight excluding hydrogens is 218 g/mol. The first-order valence-electron chi connectivity index (χ1n) is 6.13. The molecule has 1 aromatic rings. The Morgan fingerprint density at radius 1 is 1.53 bits per heavy atom. The Kier molecular flexibility index (Phi) is 5.69. The summed E-state index contributed by atoms with van der Waals surface area (Å²) < 4.78 is 6.96. The van der Waals surface area contributed by atoms with Gasteiger partial charge < -0.3 is 14.6 Å². The van der Waals surface area contributed by atoms with Gasteiger partial charge in [0, 0.05) is 12.4 Å². The second-order valence-electron chi connectivity index (χ2n) is 3.71. The fourth-order valence-electron chi connectivity index (χ4n) is 1.72. The molecule has 0 bridgehead atoms. The van der Waals surface area contributed by atoms with Gasteiger partial charge in [0.1, 0.15) is 11.9 Å². The molecule has 1 aromatic heterocycles. The van der Waals surface area contributed by atoms with Gasteiger partial charge in [0.25, 0.3) is 0 Å². The average Bonchev–Trinajstić information content (AvgIpc) is 2.76. The van der Waals surface area contributed by atoms with Crippen molar-refractivity contribution in [2.75, 3.05) is 13.2 Å². The lowest BCUT2D eigenvalue weighted by atomic mass is 10.2. The number of hydrogen-bond donors (Lipinski definition) is 1. The van der Waals surface area contributed by atoms with Crippen molar-refractivity contribution in [3.63, 3.8) is 0 Å². The number of hydrogen-bond acceptors (Lipinski definition) is 4. The summed E-state index contributed by atoms with van der Waals surface area (Å²) in [6.45, 7) is 7.78. The Morgan fingerprint density at radius 3 is 2.88 bits per heavy atom. The van der Waals surface area contributed by atoms with Crippen LogP contribution in [0.15, 0.2) is 12.4 Å². The number of imidazole rings is 1. The minimum absolute atomic E-state index is 0.189. The first-order valence-corrected chi connectivity index (χ1v) is 6.13. The summed E-state index contributed by atoms with van der Waals surface area (Å²) in [5.41, 5.74) is 0. The largest absolute Gasteiger partial charge is 0.464 e. The Labute approximate surface area is 102 Å². The van der Waals surface area contributed by atoms with E-state index in [9.17, 15) is 4.79 Å². The maximum atomic E-state index is 11.8. The fourth-order valence-corrected chi connectivity index (χ4v) is 1.72. The number of carbonyl (C=O) groups is 1. The smallest absolute Gasteiger partial charge is 0.329 e. The molecule has 0 aliphatic rings. The normalized spacial score (nSPS) is 12.4.